The van der Waals surface area contributed by atoms with Crippen molar-refractivity contribution >= 4 is 29.0 Å². The molecule has 10 heteroatoms. The quantitative estimate of drug-likeness (QED) is 0.288. The van der Waals surface area contributed by atoms with Crippen LogP contribution in [0.1, 0.15) is 37.3 Å². The van der Waals surface area contributed by atoms with E-state index < -0.39 is 5.82 Å². The highest BCUT2D eigenvalue weighted by Gasteiger charge is 2.18. The molecule has 4 rings (SSSR count). The van der Waals surface area contributed by atoms with Crippen molar-refractivity contribution in [2.75, 3.05) is 10.6 Å². The molecule has 0 aliphatic rings. The van der Waals surface area contributed by atoms with Crippen molar-refractivity contribution in [1.82, 2.24) is 15.1 Å². The fraction of sp³-hybridized carbons (Fsp3) is 0.192. The molecular formula is C26H22ClFN6O2. The van der Waals surface area contributed by atoms with E-state index in [1.54, 1.807) is 25.1 Å². The molecular weight excluding hydrogens is 483 g/mol. The molecule has 8 nitrogen and oxygen atoms in total. The van der Waals surface area contributed by atoms with Gasteiger partial charge in [0, 0.05) is 26.0 Å². The lowest BCUT2D eigenvalue weighted by molar-refractivity contribution is -0.116. The van der Waals surface area contributed by atoms with Gasteiger partial charge in [-0.05, 0) is 35.7 Å². The van der Waals surface area contributed by atoms with Gasteiger partial charge < -0.3 is 15.2 Å². The number of nitrogens with one attached hydrogen (secondary N) is 2. The van der Waals surface area contributed by atoms with Crippen LogP contribution in [0, 0.1) is 24.1 Å². The molecule has 1 amide bonds. The lowest BCUT2D eigenvalue weighted by Crippen LogP contribution is -2.15. The van der Waals surface area contributed by atoms with Crippen molar-refractivity contribution in [3.8, 4) is 28.6 Å². The number of aryl methyl sites for hydroxylation is 1. The Balaban J connectivity index is 1.56. The third-order valence-electron chi connectivity index (χ3n) is 5.47. The summed E-state index contributed by atoms with van der Waals surface area (Å²) in [5.74, 6) is 0.183. The van der Waals surface area contributed by atoms with Gasteiger partial charge in [-0.25, -0.2) is 9.37 Å². The Morgan fingerprint density at radius 2 is 2.00 bits per heavy atom. The van der Waals surface area contributed by atoms with E-state index in [1.165, 1.54) is 12.3 Å². The van der Waals surface area contributed by atoms with Crippen molar-refractivity contribution in [2.45, 2.75) is 32.7 Å². The number of carbonyl (C=O) groups is 1. The van der Waals surface area contributed by atoms with Crippen LogP contribution >= 0.6 is 11.6 Å². The number of nitrogens with zero attached hydrogens (tertiary/aromatic N) is 4. The van der Waals surface area contributed by atoms with E-state index in [4.69, 9.17) is 21.4 Å². The van der Waals surface area contributed by atoms with Gasteiger partial charge in [0.05, 0.1) is 22.7 Å². The predicted molar refractivity (Wildman–Crippen MR) is 135 cm³/mol. The maximum Gasteiger partial charge on any atom is 0.225 e. The van der Waals surface area contributed by atoms with Crippen LogP contribution in [0.2, 0.25) is 5.02 Å². The van der Waals surface area contributed by atoms with Crippen molar-refractivity contribution in [3.05, 3.63) is 77.0 Å². The second-order valence-electron chi connectivity index (χ2n) is 8.01. The van der Waals surface area contributed by atoms with E-state index in [9.17, 15) is 9.18 Å². The molecule has 0 saturated carbocycles. The third-order valence-corrected chi connectivity index (χ3v) is 5.78. The second kappa shape index (κ2) is 11.0. The molecule has 1 unspecified atom stereocenters. The van der Waals surface area contributed by atoms with Gasteiger partial charge in [0.1, 0.15) is 11.5 Å². The average molecular weight is 505 g/mol. The van der Waals surface area contributed by atoms with Crippen LogP contribution in [0.25, 0.3) is 22.5 Å². The minimum Gasteiger partial charge on any atom is -0.362 e. The summed E-state index contributed by atoms with van der Waals surface area (Å²) in [7, 11) is 0. The van der Waals surface area contributed by atoms with Crippen molar-refractivity contribution < 1.29 is 13.7 Å². The molecule has 2 aromatic heterocycles. The molecule has 2 heterocycles. The topological polar surface area (TPSA) is 117 Å². The molecule has 0 fully saturated rings. The van der Waals surface area contributed by atoms with Crippen LogP contribution < -0.4 is 10.6 Å². The summed E-state index contributed by atoms with van der Waals surface area (Å²) in [5.41, 5.74) is 2.98. The Kier molecular flexibility index (Phi) is 7.56. The first-order chi connectivity index (χ1) is 17.4. The number of halogens is 2. The Labute approximate surface area is 212 Å². The second-order valence-corrected chi connectivity index (χ2v) is 8.42. The van der Waals surface area contributed by atoms with Gasteiger partial charge in [-0.2, -0.15) is 10.2 Å². The normalized spacial score (nSPS) is 11.5. The molecule has 36 heavy (non-hydrogen) atoms. The van der Waals surface area contributed by atoms with Crippen LogP contribution in [0.4, 0.5) is 15.9 Å². The molecule has 182 valence electrons. The summed E-state index contributed by atoms with van der Waals surface area (Å²) < 4.78 is 19.8. The largest absolute Gasteiger partial charge is 0.362 e. The number of nitriles is 1. The van der Waals surface area contributed by atoms with E-state index in [0.717, 1.165) is 11.1 Å². The molecule has 0 spiro atoms. The molecule has 0 radical (unpaired) electrons. The number of rotatable bonds is 8. The van der Waals surface area contributed by atoms with Gasteiger partial charge in [-0.15, -0.1) is 0 Å². The van der Waals surface area contributed by atoms with E-state index in [-0.39, 0.29) is 36.2 Å². The van der Waals surface area contributed by atoms with Gasteiger partial charge in [-0.3, -0.25) is 4.79 Å². The number of benzene rings is 2. The predicted octanol–water partition coefficient (Wildman–Crippen LogP) is 6.31. The summed E-state index contributed by atoms with van der Waals surface area (Å²) in [6.07, 6.45) is 1.70. The van der Waals surface area contributed by atoms with E-state index in [2.05, 4.69) is 25.8 Å². The first kappa shape index (κ1) is 24.8. The Bertz CT molecular complexity index is 1430. The first-order valence-electron chi connectivity index (χ1n) is 11.1. The van der Waals surface area contributed by atoms with Crippen LogP contribution in [0.15, 0.2) is 59.3 Å². The highest BCUT2D eigenvalue weighted by Crippen LogP contribution is 2.34. The number of carbonyl (C=O) groups excluding carboxylic acids is 1. The van der Waals surface area contributed by atoms with Gasteiger partial charge >= 0.3 is 0 Å². The summed E-state index contributed by atoms with van der Waals surface area (Å²) in [6, 6.07) is 15.7. The zero-order chi connectivity index (χ0) is 25.7. The fourth-order valence-electron chi connectivity index (χ4n) is 3.67. The number of hydrogen-bond acceptors (Lipinski definition) is 7. The van der Waals surface area contributed by atoms with Crippen molar-refractivity contribution in [1.29, 1.82) is 5.26 Å². The van der Waals surface area contributed by atoms with Crippen LogP contribution in [-0.4, -0.2) is 21.0 Å². The van der Waals surface area contributed by atoms with Crippen LogP contribution in [0.3, 0.4) is 0 Å². The number of aromatic nitrogens is 3. The third kappa shape index (κ3) is 5.50. The van der Waals surface area contributed by atoms with Crippen molar-refractivity contribution in [2.24, 2.45) is 0 Å². The minimum absolute atomic E-state index is 0.0592. The van der Waals surface area contributed by atoms with Crippen LogP contribution in [0.5, 0.6) is 0 Å². The molecule has 0 aliphatic carbocycles. The first-order valence-corrected chi connectivity index (χ1v) is 11.5. The average Bonchev–Trinajstić information content (AvgIpc) is 3.30. The lowest BCUT2D eigenvalue weighted by atomic mass is 9.96. The van der Waals surface area contributed by atoms with Gasteiger partial charge in [-0.1, -0.05) is 53.2 Å². The Morgan fingerprint density at radius 1 is 1.22 bits per heavy atom. The summed E-state index contributed by atoms with van der Waals surface area (Å²) >= 11 is 6.30. The highest BCUT2D eigenvalue weighted by atomic mass is 35.5. The molecule has 1 atom stereocenters. The molecule has 4 aromatic rings. The Morgan fingerprint density at radius 3 is 2.69 bits per heavy atom. The molecule has 0 saturated heterocycles. The zero-order valence-electron chi connectivity index (χ0n) is 19.5. The summed E-state index contributed by atoms with van der Waals surface area (Å²) in [4.78, 5) is 20.6. The molecule has 0 aliphatic heterocycles. The zero-order valence-corrected chi connectivity index (χ0v) is 20.3. The van der Waals surface area contributed by atoms with Gasteiger partial charge in [0.25, 0.3) is 0 Å². The van der Waals surface area contributed by atoms with Gasteiger partial charge in [0.15, 0.2) is 5.82 Å². The molecule has 2 N–H and O–H groups in total. The number of anilines is 2. The number of amides is 1. The molecule has 2 aromatic carbocycles. The monoisotopic (exact) mass is 504 g/mol. The molecule has 0 bridgehead atoms. The van der Waals surface area contributed by atoms with Crippen LogP contribution in [-0.2, 0) is 4.79 Å². The number of pyridine rings is 1. The SMILES string of the molecule is Cc1nc(-c2c(F)cccc2-c2ccc(C(C)Nc3nccc(Cl)c3NC(=O)CCC#N)cc2)no1. The Hall–Kier alpha value is -4.29. The minimum atomic E-state index is -0.441. The van der Waals surface area contributed by atoms with E-state index in [0.29, 0.717) is 28.0 Å². The number of hydrogen-bond donors (Lipinski definition) is 2. The lowest BCUT2D eigenvalue weighted by Gasteiger charge is -2.19. The summed E-state index contributed by atoms with van der Waals surface area (Å²) in [5, 5.41) is 18.9. The van der Waals surface area contributed by atoms with E-state index >= 15 is 0 Å². The maximum absolute atomic E-state index is 14.7. The standard InChI is InChI=1S/C26H22ClFN6O2/c1-15(31-26-24(20(27)12-14-30-26)33-22(35)7-4-13-29)17-8-10-18(11-9-17)19-5-3-6-21(28)23(19)25-32-16(2)36-34-25/h3,5-6,8-12,14-15H,4,7H2,1-2H3,(H,30,31)(H,33,35). The maximum atomic E-state index is 14.7. The van der Waals surface area contributed by atoms with E-state index in [1.807, 2.05) is 37.3 Å². The van der Waals surface area contributed by atoms with Gasteiger partial charge in [0.2, 0.25) is 17.6 Å². The summed E-state index contributed by atoms with van der Waals surface area (Å²) in [6.45, 7) is 3.59. The smallest absolute Gasteiger partial charge is 0.225 e. The fourth-order valence-corrected chi connectivity index (χ4v) is 3.86. The van der Waals surface area contributed by atoms with Crippen molar-refractivity contribution in [3.63, 3.8) is 0 Å². The highest BCUT2D eigenvalue weighted by molar-refractivity contribution is 6.34.